The number of nitrogens with zero attached hydrogens (tertiary/aromatic N) is 2. The molecule has 2 aromatic rings. The maximum Gasteiger partial charge on any atom is 0.416 e. The van der Waals surface area contributed by atoms with Crippen LogP contribution >= 0.6 is 0 Å². The van der Waals surface area contributed by atoms with Crippen molar-refractivity contribution in [1.29, 1.82) is 5.26 Å². The maximum absolute atomic E-state index is 14.1. The van der Waals surface area contributed by atoms with Gasteiger partial charge < -0.3 is 4.90 Å². The molecule has 0 spiro atoms. The molecule has 3 rings (SSSR count). The van der Waals surface area contributed by atoms with Crippen molar-refractivity contribution >= 4 is 0 Å². The first-order valence-electron chi connectivity index (χ1n) is 12.9. The second-order valence-electron chi connectivity index (χ2n) is 10.3. The summed E-state index contributed by atoms with van der Waals surface area (Å²) in [4.78, 5) is 2.17. The first kappa shape index (κ1) is 29.0. The standard InChI is InChI=1S/C29H34F6N2/c1-21(2)37(19-16-22-10-4-3-5-11-22)18-9-17-27(20-36,23-12-6-7-13-23)26-24(28(30,31)32)14-8-15-25(26)29(33,34)35/h3-5,8,10-11,14-15,21,23H,6-7,9,12-13,16-19H2,1-2H3. The lowest BCUT2D eigenvalue weighted by molar-refractivity contribution is -0.145. The molecule has 2 nitrogen and oxygen atoms in total. The molecule has 37 heavy (non-hydrogen) atoms. The summed E-state index contributed by atoms with van der Waals surface area (Å²) in [6, 6.07) is 14.2. The molecular weight excluding hydrogens is 490 g/mol. The van der Waals surface area contributed by atoms with Gasteiger partial charge in [0.25, 0.3) is 0 Å². The van der Waals surface area contributed by atoms with Gasteiger partial charge in [0, 0.05) is 12.6 Å². The summed E-state index contributed by atoms with van der Waals surface area (Å²) in [5, 5.41) is 10.4. The molecule has 1 aliphatic rings. The van der Waals surface area contributed by atoms with E-state index in [1.54, 1.807) is 0 Å². The number of halogens is 6. The SMILES string of the molecule is CC(C)N(CCCC(C#N)(c1c(C(F)(F)F)cccc1C(F)(F)F)C1CCCC1)CCc1ccccc1. The molecule has 2 aromatic carbocycles. The van der Waals surface area contributed by atoms with Crippen LogP contribution in [-0.4, -0.2) is 24.0 Å². The Kier molecular flexibility index (Phi) is 9.33. The van der Waals surface area contributed by atoms with Gasteiger partial charge in [0.05, 0.1) is 22.6 Å². The van der Waals surface area contributed by atoms with Crippen molar-refractivity contribution in [3.63, 3.8) is 0 Å². The molecule has 0 heterocycles. The molecule has 0 radical (unpaired) electrons. The Labute approximate surface area is 215 Å². The van der Waals surface area contributed by atoms with Crippen LogP contribution in [0, 0.1) is 17.2 Å². The van der Waals surface area contributed by atoms with Crippen LogP contribution < -0.4 is 0 Å². The Bertz CT molecular complexity index is 1020. The summed E-state index contributed by atoms with van der Waals surface area (Å²) in [7, 11) is 0. The van der Waals surface area contributed by atoms with Crippen molar-refractivity contribution < 1.29 is 26.3 Å². The van der Waals surface area contributed by atoms with Crippen molar-refractivity contribution in [3.05, 3.63) is 70.8 Å². The summed E-state index contributed by atoms with van der Waals surface area (Å²) < 4.78 is 84.6. The van der Waals surface area contributed by atoms with Gasteiger partial charge in [0.2, 0.25) is 0 Å². The molecule has 1 fully saturated rings. The summed E-state index contributed by atoms with van der Waals surface area (Å²) in [5.74, 6) is -0.557. The van der Waals surface area contributed by atoms with E-state index in [0.29, 0.717) is 57.3 Å². The lowest BCUT2D eigenvalue weighted by Crippen LogP contribution is -2.39. The van der Waals surface area contributed by atoms with E-state index >= 15 is 0 Å². The second kappa shape index (κ2) is 11.9. The van der Waals surface area contributed by atoms with E-state index in [0.717, 1.165) is 18.1 Å². The number of nitriles is 1. The summed E-state index contributed by atoms with van der Waals surface area (Å²) >= 11 is 0. The van der Waals surface area contributed by atoms with Gasteiger partial charge in [-0.15, -0.1) is 0 Å². The minimum absolute atomic E-state index is 0.0566. The summed E-state index contributed by atoms with van der Waals surface area (Å²) in [5.41, 5.74) is -4.29. The quantitative estimate of drug-likeness (QED) is 0.292. The molecule has 1 aliphatic carbocycles. The van der Waals surface area contributed by atoms with Crippen molar-refractivity contribution in [2.24, 2.45) is 5.92 Å². The van der Waals surface area contributed by atoms with Crippen LogP contribution in [0.25, 0.3) is 0 Å². The van der Waals surface area contributed by atoms with Crippen molar-refractivity contribution in [3.8, 4) is 6.07 Å². The Balaban J connectivity index is 1.96. The van der Waals surface area contributed by atoms with E-state index in [4.69, 9.17) is 0 Å². The second-order valence-corrected chi connectivity index (χ2v) is 10.3. The fourth-order valence-corrected chi connectivity index (χ4v) is 5.77. The Morgan fingerprint density at radius 3 is 1.92 bits per heavy atom. The smallest absolute Gasteiger partial charge is 0.301 e. The average Bonchev–Trinajstić information content (AvgIpc) is 3.38. The maximum atomic E-state index is 14.1. The predicted molar refractivity (Wildman–Crippen MR) is 132 cm³/mol. The zero-order valence-corrected chi connectivity index (χ0v) is 21.3. The minimum atomic E-state index is -5.00. The van der Waals surface area contributed by atoms with E-state index in [-0.39, 0.29) is 12.5 Å². The van der Waals surface area contributed by atoms with Gasteiger partial charge in [0.1, 0.15) is 0 Å². The molecule has 0 aromatic heterocycles. The van der Waals surface area contributed by atoms with Gasteiger partial charge >= 0.3 is 12.4 Å². The van der Waals surface area contributed by atoms with Gasteiger partial charge in [0.15, 0.2) is 0 Å². The van der Waals surface area contributed by atoms with Crippen LogP contribution in [0.15, 0.2) is 48.5 Å². The lowest BCUT2D eigenvalue weighted by atomic mass is 9.64. The molecule has 1 saturated carbocycles. The molecule has 202 valence electrons. The molecule has 0 N–H and O–H groups in total. The first-order chi connectivity index (χ1) is 17.4. The van der Waals surface area contributed by atoms with Crippen LogP contribution in [0.5, 0.6) is 0 Å². The lowest BCUT2D eigenvalue weighted by Gasteiger charge is -2.38. The van der Waals surface area contributed by atoms with E-state index in [2.05, 4.69) is 4.90 Å². The Morgan fingerprint density at radius 2 is 1.43 bits per heavy atom. The van der Waals surface area contributed by atoms with Gasteiger partial charge in [-0.25, -0.2) is 0 Å². The molecule has 1 unspecified atom stereocenters. The number of hydrogen-bond donors (Lipinski definition) is 0. The van der Waals surface area contributed by atoms with Crippen molar-refractivity contribution in [1.82, 2.24) is 4.90 Å². The van der Waals surface area contributed by atoms with E-state index in [1.807, 2.05) is 50.2 Å². The molecular formula is C29H34F6N2. The summed E-state index contributed by atoms with van der Waals surface area (Å²) in [6.45, 7) is 5.22. The zero-order chi connectivity index (χ0) is 27.3. The van der Waals surface area contributed by atoms with E-state index in [9.17, 15) is 31.6 Å². The van der Waals surface area contributed by atoms with Gasteiger partial charge in [-0.05, 0) is 81.7 Å². The zero-order valence-electron chi connectivity index (χ0n) is 21.3. The molecule has 8 heteroatoms. The van der Waals surface area contributed by atoms with E-state index < -0.39 is 40.4 Å². The summed E-state index contributed by atoms with van der Waals surface area (Å²) in [6.07, 6.45) is -6.69. The normalized spacial score (nSPS) is 16.8. The largest absolute Gasteiger partial charge is 0.416 e. The Morgan fingerprint density at radius 1 is 0.865 bits per heavy atom. The highest BCUT2D eigenvalue weighted by molar-refractivity contribution is 5.49. The van der Waals surface area contributed by atoms with Gasteiger partial charge in [-0.3, -0.25) is 0 Å². The average molecular weight is 525 g/mol. The Hall–Kier alpha value is -2.53. The van der Waals surface area contributed by atoms with Crippen LogP contribution in [0.4, 0.5) is 26.3 Å². The fourth-order valence-electron chi connectivity index (χ4n) is 5.77. The highest BCUT2D eigenvalue weighted by Gasteiger charge is 2.51. The third-order valence-electron chi connectivity index (χ3n) is 7.65. The van der Waals surface area contributed by atoms with Crippen LogP contribution in [0.1, 0.15) is 74.6 Å². The number of alkyl halides is 6. The third-order valence-corrected chi connectivity index (χ3v) is 7.65. The first-order valence-corrected chi connectivity index (χ1v) is 12.9. The number of rotatable bonds is 10. The molecule has 0 bridgehead atoms. The number of benzene rings is 2. The van der Waals surface area contributed by atoms with Crippen LogP contribution in [-0.2, 0) is 24.2 Å². The van der Waals surface area contributed by atoms with Gasteiger partial charge in [-0.1, -0.05) is 49.2 Å². The minimum Gasteiger partial charge on any atom is -0.301 e. The molecule has 1 atom stereocenters. The van der Waals surface area contributed by atoms with E-state index in [1.165, 1.54) is 0 Å². The predicted octanol–water partition coefficient (Wildman–Crippen LogP) is 8.41. The third kappa shape index (κ3) is 6.87. The van der Waals surface area contributed by atoms with Crippen molar-refractivity contribution in [2.75, 3.05) is 13.1 Å². The van der Waals surface area contributed by atoms with Crippen LogP contribution in [0.3, 0.4) is 0 Å². The fraction of sp³-hybridized carbons (Fsp3) is 0.552. The highest BCUT2D eigenvalue weighted by Crippen LogP contribution is 2.52. The van der Waals surface area contributed by atoms with Gasteiger partial charge in [-0.2, -0.15) is 31.6 Å². The number of hydrogen-bond acceptors (Lipinski definition) is 2. The highest BCUT2D eigenvalue weighted by atomic mass is 19.4. The topological polar surface area (TPSA) is 27.0 Å². The van der Waals surface area contributed by atoms with Crippen molar-refractivity contribution in [2.45, 2.75) is 82.6 Å². The monoisotopic (exact) mass is 524 g/mol. The van der Waals surface area contributed by atoms with Crippen LogP contribution in [0.2, 0.25) is 0 Å². The molecule has 0 amide bonds. The molecule has 0 aliphatic heterocycles. The molecule has 0 saturated heterocycles.